The minimum absolute atomic E-state index is 0.165. The zero-order valence-corrected chi connectivity index (χ0v) is 32.5. The number of allylic oxidation sites excluding steroid dienone is 7. The van der Waals surface area contributed by atoms with Gasteiger partial charge in [-0.15, -0.1) is 11.3 Å². The van der Waals surface area contributed by atoms with E-state index in [1.54, 1.807) is 0 Å². The second-order valence-corrected chi connectivity index (χ2v) is 16.5. The lowest BCUT2D eigenvalue weighted by Crippen LogP contribution is -2.15. The van der Waals surface area contributed by atoms with E-state index in [9.17, 15) is 0 Å². The first-order chi connectivity index (χ1) is 27.4. The summed E-state index contributed by atoms with van der Waals surface area (Å²) in [5, 5.41) is 10.2. The van der Waals surface area contributed by atoms with E-state index in [0.717, 1.165) is 27.8 Å². The highest BCUT2D eigenvalue weighted by atomic mass is 32.1. The highest BCUT2D eigenvalue weighted by Gasteiger charge is 2.38. The molecule has 0 saturated heterocycles. The van der Waals surface area contributed by atoms with Crippen molar-refractivity contribution in [3.63, 3.8) is 0 Å². The van der Waals surface area contributed by atoms with Crippen LogP contribution in [0.5, 0.6) is 0 Å². The molecular weight excluding hydrogens is 693 g/mol. The van der Waals surface area contributed by atoms with E-state index in [1.165, 1.54) is 85.9 Å². The maximum absolute atomic E-state index is 4.69. The van der Waals surface area contributed by atoms with Gasteiger partial charge in [-0.1, -0.05) is 173 Å². The predicted octanol–water partition coefficient (Wildman–Crippen LogP) is 15.9. The van der Waals surface area contributed by atoms with Crippen molar-refractivity contribution < 1.29 is 0 Å². The number of hydrogen-bond donors (Lipinski definition) is 0. The normalized spacial score (nSPS) is 13.8. The zero-order valence-electron chi connectivity index (χ0n) is 31.7. The molecular formula is C55H40S. The molecule has 0 aliphatic heterocycles. The van der Waals surface area contributed by atoms with Crippen molar-refractivity contribution in [3.05, 3.63) is 217 Å². The highest BCUT2D eigenvalue weighted by Crippen LogP contribution is 2.55. The summed E-state index contributed by atoms with van der Waals surface area (Å²) in [7, 11) is 0. The van der Waals surface area contributed by atoms with Gasteiger partial charge >= 0.3 is 0 Å². The summed E-state index contributed by atoms with van der Waals surface area (Å²) in [4.78, 5) is 0. The quantitative estimate of drug-likeness (QED) is 0.113. The standard InChI is InChI=1S/C55H40S/c1-6-35(32-36(7-2)37-17-9-8-10-18-37)31-34(3)50-40-19-11-13-21-42(40)51(43-22-14-12-20-41(43)50)39-26-29-47-46(33-39)44-28-25-38-27-30-49-53(52(38)54(44)55(47,4)5)45-23-15-16-24-48(45)56-49/h6-33H,1-3H2,4-5H3/b35-31+,36-32+. The van der Waals surface area contributed by atoms with Crippen LogP contribution in [0.3, 0.4) is 0 Å². The van der Waals surface area contributed by atoms with Crippen LogP contribution in [0.1, 0.15) is 36.1 Å². The number of thiophene rings is 1. The molecule has 0 radical (unpaired) electrons. The van der Waals surface area contributed by atoms with Crippen LogP contribution in [0.25, 0.3) is 85.9 Å². The Balaban J connectivity index is 1.17. The van der Waals surface area contributed by atoms with Gasteiger partial charge in [0.15, 0.2) is 0 Å². The SMILES string of the molecule is C=CC(=C\C(=C)c1c2ccccc2c(-c2ccc3c(c2)-c2ccc4ccc5sc6ccccc6c5c4c2C3(C)C)c2ccccc12)/C=C(\C=C)c1ccccc1. The first-order valence-electron chi connectivity index (χ1n) is 19.3. The average Bonchev–Trinajstić information content (AvgIpc) is 3.73. The summed E-state index contributed by atoms with van der Waals surface area (Å²) in [6.07, 6.45) is 8.09. The van der Waals surface area contributed by atoms with Crippen molar-refractivity contribution in [3.8, 4) is 22.3 Å². The van der Waals surface area contributed by atoms with Gasteiger partial charge in [0.05, 0.1) is 0 Å². The van der Waals surface area contributed by atoms with Gasteiger partial charge in [0.1, 0.15) is 0 Å². The number of fused-ring (bicyclic) bond motifs is 11. The average molecular weight is 733 g/mol. The Labute approximate surface area is 332 Å². The molecule has 0 spiro atoms. The maximum atomic E-state index is 4.69. The molecule has 0 atom stereocenters. The van der Waals surface area contributed by atoms with Crippen LogP contribution in [0.4, 0.5) is 0 Å². The fourth-order valence-corrected chi connectivity index (χ4v) is 10.5. The van der Waals surface area contributed by atoms with E-state index in [2.05, 4.69) is 179 Å². The van der Waals surface area contributed by atoms with E-state index in [-0.39, 0.29) is 5.41 Å². The molecule has 10 rings (SSSR count). The lowest BCUT2D eigenvalue weighted by molar-refractivity contribution is 0.667. The molecule has 1 heterocycles. The molecule has 0 nitrogen and oxygen atoms in total. The van der Waals surface area contributed by atoms with Gasteiger partial charge in [-0.3, -0.25) is 0 Å². The van der Waals surface area contributed by atoms with Gasteiger partial charge in [0.2, 0.25) is 0 Å². The third-order valence-corrected chi connectivity index (χ3v) is 13.0. The van der Waals surface area contributed by atoms with E-state index < -0.39 is 0 Å². The van der Waals surface area contributed by atoms with Crippen LogP contribution in [-0.4, -0.2) is 0 Å². The van der Waals surface area contributed by atoms with Crippen molar-refractivity contribution >= 4 is 75.0 Å². The molecule has 1 aliphatic rings. The molecule has 56 heavy (non-hydrogen) atoms. The monoisotopic (exact) mass is 732 g/mol. The molecule has 266 valence electrons. The Morgan fingerprint density at radius 3 is 1.91 bits per heavy atom. The van der Waals surface area contributed by atoms with Crippen molar-refractivity contribution in [2.24, 2.45) is 0 Å². The molecule has 1 aromatic heterocycles. The van der Waals surface area contributed by atoms with Gasteiger partial charge in [-0.25, -0.2) is 0 Å². The van der Waals surface area contributed by atoms with Crippen LogP contribution in [0, 0.1) is 0 Å². The fourth-order valence-electron chi connectivity index (χ4n) is 9.40. The van der Waals surface area contributed by atoms with Crippen LogP contribution in [0.2, 0.25) is 0 Å². The van der Waals surface area contributed by atoms with Crippen molar-refractivity contribution in [2.75, 3.05) is 0 Å². The van der Waals surface area contributed by atoms with Gasteiger partial charge in [0.25, 0.3) is 0 Å². The van der Waals surface area contributed by atoms with Crippen LogP contribution < -0.4 is 0 Å². The van der Waals surface area contributed by atoms with E-state index in [1.807, 2.05) is 29.6 Å². The van der Waals surface area contributed by atoms with Gasteiger partial charge < -0.3 is 0 Å². The Hall–Kier alpha value is -6.54. The summed E-state index contributed by atoms with van der Waals surface area (Å²) in [5.74, 6) is 0. The first-order valence-corrected chi connectivity index (χ1v) is 20.1. The first kappa shape index (κ1) is 34.0. The second kappa shape index (κ2) is 13.0. The van der Waals surface area contributed by atoms with Crippen LogP contribution >= 0.6 is 11.3 Å². The third-order valence-electron chi connectivity index (χ3n) is 11.9. The summed E-state index contributed by atoms with van der Waals surface area (Å²) < 4.78 is 2.69. The molecule has 0 amide bonds. The smallest absolute Gasteiger partial charge is 0.0361 e. The Morgan fingerprint density at radius 2 is 1.21 bits per heavy atom. The van der Waals surface area contributed by atoms with Crippen LogP contribution in [0.15, 0.2) is 195 Å². The molecule has 0 fully saturated rings. The molecule has 9 aromatic rings. The predicted molar refractivity (Wildman–Crippen MR) is 247 cm³/mol. The second-order valence-electron chi connectivity index (χ2n) is 15.4. The Morgan fingerprint density at radius 1 is 0.571 bits per heavy atom. The maximum Gasteiger partial charge on any atom is 0.0361 e. The lowest BCUT2D eigenvalue weighted by atomic mass is 9.79. The van der Waals surface area contributed by atoms with E-state index >= 15 is 0 Å². The number of rotatable bonds is 7. The Kier molecular flexibility index (Phi) is 7.92. The fraction of sp³-hybridized carbons (Fsp3) is 0.0545. The summed E-state index contributed by atoms with van der Waals surface area (Å²) in [6.45, 7) is 17.8. The minimum atomic E-state index is -0.165. The summed E-state index contributed by atoms with van der Waals surface area (Å²) in [6, 6.07) is 53.4. The van der Waals surface area contributed by atoms with Crippen LogP contribution in [-0.2, 0) is 5.41 Å². The topological polar surface area (TPSA) is 0 Å². The number of hydrogen-bond acceptors (Lipinski definition) is 1. The molecule has 0 bridgehead atoms. The number of benzene rings is 8. The zero-order chi connectivity index (χ0) is 38.1. The molecule has 1 heteroatoms. The van der Waals surface area contributed by atoms with Gasteiger partial charge in [0, 0.05) is 25.6 Å². The molecule has 0 unspecified atom stereocenters. The van der Waals surface area contributed by atoms with Crippen molar-refractivity contribution in [1.82, 2.24) is 0 Å². The molecule has 1 aliphatic carbocycles. The van der Waals surface area contributed by atoms with Gasteiger partial charge in [-0.2, -0.15) is 0 Å². The van der Waals surface area contributed by atoms with Crippen molar-refractivity contribution in [2.45, 2.75) is 19.3 Å². The third kappa shape index (κ3) is 5.12. The minimum Gasteiger partial charge on any atom is -0.135 e. The molecule has 0 saturated carbocycles. The largest absolute Gasteiger partial charge is 0.135 e. The lowest BCUT2D eigenvalue weighted by Gasteiger charge is -2.24. The Bertz CT molecular complexity index is 3140. The molecule has 8 aromatic carbocycles. The van der Waals surface area contributed by atoms with E-state index in [0.29, 0.717) is 0 Å². The van der Waals surface area contributed by atoms with E-state index in [4.69, 9.17) is 6.58 Å². The highest BCUT2D eigenvalue weighted by molar-refractivity contribution is 7.26. The van der Waals surface area contributed by atoms with Gasteiger partial charge in [-0.05, 0) is 124 Å². The summed E-state index contributed by atoms with van der Waals surface area (Å²) >= 11 is 1.90. The summed E-state index contributed by atoms with van der Waals surface area (Å²) in [5.41, 5.74) is 13.0. The molecule has 0 N–H and O–H groups in total. The van der Waals surface area contributed by atoms with Crippen molar-refractivity contribution in [1.29, 1.82) is 0 Å².